The Kier molecular flexibility index (Phi) is 6.06. The summed E-state index contributed by atoms with van der Waals surface area (Å²) in [6.07, 6.45) is -0.461. The lowest BCUT2D eigenvalue weighted by Gasteiger charge is -2.17. The quantitative estimate of drug-likeness (QED) is 0.564. The molecule has 1 heterocycles. The van der Waals surface area contributed by atoms with Crippen molar-refractivity contribution in [3.63, 3.8) is 0 Å². The van der Waals surface area contributed by atoms with Crippen molar-refractivity contribution < 1.29 is 22.7 Å². The fourth-order valence-corrected chi connectivity index (χ4v) is 4.91. The number of sulfonamides is 1. The molecule has 1 fully saturated rings. The fourth-order valence-electron chi connectivity index (χ4n) is 3.52. The standard InChI is InChI=1S/C24H23N3O5S/c1-16-7-8-17(2)22(15-16)33(30,31)26-19-11-9-18(10-12-19)23(28)25-20-5-3-4-6-21(20)27-13-14-32-24(27)29/h3-12,15,26H,13-14H2,1-2H3,(H,25,28). The van der Waals surface area contributed by atoms with Gasteiger partial charge in [0.05, 0.1) is 22.8 Å². The number of amides is 2. The fraction of sp³-hybridized carbons (Fsp3) is 0.167. The van der Waals surface area contributed by atoms with E-state index in [1.54, 1.807) is 43.3 Å². The van der Waals surface area contributed by atoms with Crippen molar-refractivity contribution in [3.8, 4) is 0 Å². The number of benzene rings is 3. The molecule has 2 amide bonds. The molecule has 9 heteroatoms. The van der Waals surface area contributed by atoms with E-state index in [0.717, 1.165) is 5.56 Å². The first-order valence-electron chi connectivity index (χ1n) is 10.3. The minimum Gasteiger partial charge on any atom is -0.447 e. The first kappa shape index (κ1) is 22.3. The van der Waals surface area contributed by atoms with E-state index in [-0.39, 0.29) is 10.8 Å². The van der Waals surface area contributed by atoms with Gasteiger partial charge in [0.1, 0.15) is 6.61 Å². The molecule has 0 saturated carbocycles. The summed E-state index contributed by atoms with van der Waals surface area (Å²) < 4.78 is 33.1. The number of aryl methyl sites for hydroxylation is 2. The number of hydrogen-bond acceptors (Lipinski definition) is 5. The third kappa shape index (κ3) is 4.83. The molecule has 1 aliphatic rings. The number of anilines is 3. The Morgan fingerprint density at radius 2 is 1.73 bits per heavy atom. The van der Waals surface area contributed by atoms with Gasteiger partial charge >= 0.3 is 6.09 Å². The van der Waals surface area contributed by atoms with Crippen LogP contribution in [0, 0.1) is 13.8 Å². The van der Waals surface area contributed by atoms with Crippen molar-refractivity contribution in [3.05, 3.63) is 83.4 Å². The van der Waals surface area contributed by atoms with E-state index < -0.39 is 16.1 Å². The highest BCUT2D eigenvalue weighted by molar-refractivity contribution is 7.92. The van der Waals surface area contributed by atoms with Gasteiger partial charge in [-0.25, -0.2) is 13.2 Å². The zero-order valence-corrected chi connectivity index (χ0v) is 19.0. The number of ether oxygens (including phenoxy) is 1. The average Bonchev–Trinajstić information content (AvgIpc) is 3.21. The molecule has 0 atom stereocenters. The van der Waals surface area contributed by atoms with E-state index in [4.69, 9.17) is 4.74 Å². The zero-order chi connectivity index (χ0) is 23.6. The number of carbonyl (C=O) groups excluding carboxylic acids is 2. The van der Waals surface area contributed by atoms with Crippen LogP contribution in [-0.2, 0) is 14.8 Å². The van der Waals surface area contributed by atoms with Crippen molar-refractivity contribution in [2.24, 2.45) is 0 Å². The zero-order valence-electron chi connectivity index (χ0n) is 18.2. The summed E-state index contributed by atoms with van der Waals surface area (Å²) in [5.41, 5.74) is 3.18. The monoisotopic (exact) mass is 465 g/mol. The molecule has 0 aliphatic carbocycles. The maximum Gasteiger partial charge on any atom is 0.414 e. The van der Waals surface area contributed by atoms with Crippen molar-refractivity contribution >= 4 is 39.1 Å². The van der Waals surface area contributed by atoms with Gasteiger partial charge in [-0.2, -0.15) is 0 Å². The van der Waals surface area contributed by atoms with Gasteiger partial charge in [-0.05, 0) is 67.4 Å². The first-order chi connectivity index (χ1) is 15.7. The second-order valence-corrected chi connectivity index (χ2v) is 9.34. The van der Waals surface area contributed by atoms with Crippen LogP contribution in [0.15, 0.2) is 71.6 Å². The normalized spacial score (nSPS) is 13.5. The third-order valence-electron chi connectivity index (χ3n) is 5.24. The van der Waals surface area contributed by atoms with Crippen molar-refractivity contribution in [2.45, 2.75) is 18.7 Å². The molecule has 33 heavy (non-hydrogen) atoms. The molecule has 0 radical (unpaired) electrons. The van der Waals surface area contributed by atoms with Crippen LogP contribution in [0.4, 0.5) is 21.9 Å². The highest BCUT2D eigenvalue weighted by Crippen LogP contribution is 2.28. The smallest absolute Gasteiger partial charge is 0.414 e. The molecular weight excluding hydrogens is 442 g/mol. The summed E-state index contributed by atoms with van der Waals surface area (Å²) in [6, 6.07) is 18.3. The lowest BCUT2D eigenvalue weighted by Crippen LogP contribution is -2.25. The van der Waals surface area contributed by atoms with Crippen LogP contribution in [0.25, 0.3) is 0 Å². The largest absolute Gasteiger partial charge is 0.447 e. The summed E-state index contributed by atoms with van der Waals surface area (Å²) in [5, 5.41) is 2.80. The Morgan fingerprint density at radius 1 is 1.00 bits per heavy atom. The SMILES string of the molecule is Cc1ccc(C)c(S(=O)(=O)Nc2ccc(C(=O)Nc3ccccc3N3CCOC3=O)cc2)c1. The van der Waals surface area contributed by atoms with E-state index in [2.05, 4.69) is 10.0 Å². The van der Waals surface area contributed by atoms with Crippen molar-refractivity contribution in [2.75, 3.05) is 28.1 Å². The van der Waals surface area contributed by atoms with Gasteiger partial charge in [0.2, 0.25) is 0 Å². The topological polar surface area (TPSA) is 105 Å². The minimum atomic E-state index is -3.77. The summed E-state index contributed by atoms with van der Waals surface area (Å²) in [6.45, 7) is 4.26. The van der Waals surface area contributed by atoms with Crippen LogP contribution in [0.1, 0.15) is 21.5 Å². The molecule has 0 bridgehead atoms. The van der Waals surface area contributed by atoms with Crippen LogP contribution < -0.4 is 14.9 Å². The van der Waals surface area contributed by atoms with E-state index in [1.165, 1.54) is 29.2 Å². The Bertz CT molecular complexity index is 1320. The molecule has 8 nitrogen and oxygen atoms in total. The third-order valence-corrected chi connectivity index (χ3v) is 6.76. The Balaban J connectivity index is 1.50. The van der Waals surface area contributed by atoms with Gasteiger partial charge in [-0.1, -0.05) is 24.3 Å². The molecule has 170 valence electrons. The maximum atomic E-state index is 12.8. The number of cyclic esters (lactones) is 1. The average molecular weight is 466 g/mol. The first-order valence-corrected chi connectivity index (χ1v) is 11.8. The molecule has 4 rings (SSSR count). The molecule has 0 unspecified atom stereocenters. The molecule has 1 aliphatic heterocycles. The number of rotatable bonds is 6. The summed E-state index contributed by atoms with van der Waals surface area (Å²) in [7, 11) is -3.77. The Hall–Kier alpha value is -3.85. The number of nitrogens with zero attached hydrogens (tertiary/aromatic N) is 1. The van der Waals surface area contributed by atoms with Crippen molar-refractivity contribution in [1.29, 1.82) is 0 Å². The predicted octanol–water partition coefficient (Wildman–Crippen LogP) is 4.31. The second kappa shape index (κ2) is 8.95. The number of para-hydroxylation sites is 2. The van der Waals surface area contributed by atoms with Gasteiger partial charge in [-0.15, -0.1) is 0 Å². The second-order valence-electron chi connectivity index (χ2n) is 7.69. The van der Waals surface area contributed by atoms with Crippen LogP contribution in [0.3, 0.4) is 0 Å². The van der Waals surface area contributed by atoms with Crippen LogP contribution in [0.2, 0.25) is 0 Å². The van der Waals surface area contributed by atoms with Crippen LogP contribution >= 0.6 is 0 Å². The maximum absolute atomic E-state index is 12.8. The Labute approximate surface area is 192 Å². The van der Waals surface area contributed by atoms with E-state index >= 15 is 0 Å². The highest BCUT2D eigenvalue weighted by Gasteiger charge is 2.26. The lowest BCUT2D eigenvalue weighted by atomic mass is 10.2. The lowest BCUT2D eigenvalue weighted by molar-refractivity contribution is 0.102. The number of nitrogens with one attached hydrogen (secondary N) is 2. The van der Waals surface area contributed by atoms with Gasteiger partial charge in [0, 0.05) is 11.3 Å². The van der Waals surface area contributed by atoms with Crippen molar-refractivity contribution in [1.82, 2.24) is 0 Å². The molecular formula is C24H23N3O5S. The highest BCUT2D eigenvalue weighted by atomic mass is 32.2. The molecule has 3 aromatic rings. The number of hydrogen-bond donors (Lipinski definition) is 2. The molecule has 0 spiro atoms. The molecule has 1 saturated heterocycles. The van der Waals surface area contributed by atoms with Gasteiger partial charge in [0.15, 0.2) is 0 Å². The minimum absolute atomic E-state index is 0.210. The van der Waals surface area contributed by atoms with E-state index in [1.807, 2.05) is 13.0 Å². The predicted molar refractivity (Wildman–Crippen MR) is 126 cm³/mol. The van der Waals surface area contributed by atoms with E-state index in [0.29, 0.717) is 41.3 Å². The summed E-state index contributed by atoms with van der Waals surface area (Å²) in [4.78, 5) is 26.4. The van der Waals surface area contributed by atoms with E-state index in [9.17, 15) is 18.0 Å². The molecule has 2 N–H and O–H groups in total. The van der Waals surface area contributed by atoms with Gasteiger partial charge in [-0.3, -0.25) is 14.4 Å². The molecule has 0 aromatic heterocycles. The summed E-state index contributed by atoms with van der Waals surface area (Å²) >= 11 is 0. The van der Waals surface area contributed by atoms with Gasteiger partial charge in [0.25, 0.3) is 15.9 Å². The summed E-state index contributed by atoms with van der Waals surface area (Å²) in [5.74, 6) is -0.390. The van der Waals surface area contributed by atoms with Crippen LogP contribution in [-0.4, -0.2) is 33.6 Å². The Morgan fingerprint density at radius 3 is 2.42 bits per heavy atom. The molecule has 3 aromatic carbocycles. The number of carbonyl (C=O) groups is 2. The van der Waals surface area contributed by atoms with Crippen LogP contribution in [0.5, 0.6) is 0 Å². The van der Waals surface area contributed by atoms with Gasteiger partial charge < -0.3 is 10.1 Å².